The lowest BCUT2D eigenvalue weighted by molar-refractivity contribution is -0.137. The summed E-state index contributed by atoms with van der Waals surface area (Å²) in [5.41, 5.74) is 5.63. The Bertz CT molecular complexity index is 3930. The van der Waals surface area contributed by atoms with E-state index < -0.39 is 11.7 Å². The summed E-state index contributed by atoms with van der Waals surface area (Å²) < 4.78 is 48.0. The molecule has 6 heterocycles. The van der Waals surface area contributed by atoms with Gasteiger partial charge in [0.15, 0.2) is 23.3 Å². The summed E-state index contributed by atoms with van der Waals surface area (Å²) in [5, 5.41) is 24.6. The van der Waals surface area contributed by atoms with Gasteiger partial charge in [-0.2, -0.15) is 23.7 Å². The molecular formula is C55H29F3N12. The van der Waals surface area contributed by atoms with E-state index >= 15 is 0 Å². The van der Waals surface area contributed by atoms with Crippen LogP contribution in [-0.4, -0.2) is 49.0 Å². The van der Waals surface area contributed by atoms with Crippen molar-refractivity contribution in [2.45, 2.75) is 6.18 Å². The van der Waals surface area contributed by atoms with Gasteiger partial charge in [-0.15, -0.1) is 0 Å². The summed E-state index contributed by atoms with van der Waals surface area (Å²) in [5.74, 6) is 1.92. The standard InChI is InChI=1S/C55H29F3N12/c56-55(57,58)39-22-32(30-59)21-37(23-39)44-29-50(70-47-26-35(53-65-17-3-18-66-53)7-11-42(47)43-12-8-36(27-48(43)70)54-67-19-4-20-68-54)49(28-38(44)31-60)69-45-24-33(51-61-13-1-14-62-51)5-9-40(45)41-10-6-34(25-46(41)69)52-63-15-2-16-64-52/h1-29H. The molecule has 0 fully saturated rings. The Labute approximate surface area is 395 Å². The van der Waals surface area contributed by atoms with Crippen LogP contribution in [0.4, 0.5) is 13.2 Å². The molecule has 0 saturated carbocycles. The number of hydrogen-bond acceptors (Lipinski definition) is 10. The van der Waals surface area contributed by atoms with E-state index in [-0.39, 0.29) is 22.3 Å². The maximum atomic E-state index is 14.6. The quantitative estimate of drug-likeness (QED) is 0.150. The van der Waals surface area contributed by atoms with Crippen LogP contribution in [0.3, 0.4) is 0 Å². The highest BCUT2D eigenvalue weighted by Gasteiger charge is 2.32. The molecule has 0 aliphatic heterocycles. The zero-order valence-corrected chi connectivity index (χ0v) is 36.2. The van der Waals surface area contributed by atoms with Crippen molar-refractivity contribution >= 4 is 43.6 Å². The highest BCUT2D eigenvalue weighted by molar-refractivity contribution is 6.13. The minimum Gasteiger partial charge on any atom is -0.307 e. The van der Waals surface area contributed by atoms with Crippen molar-refractivity contribution in [1.82, 2.24) is 49.0 Å². The minimum atomic E-state index is -4.79. The van der Waals surface area contributed by atoms with Gasteiger partial charge in [0.05, 0.1) is 62.3 Å². The number of fused-ring (bicyclic) bond motifs is 6. The molecule has 0 aliphatic rings. The van der Waals surface area contributed by atoms with Crippen LogP contribution < -0.4 is 0 Å². The van der Waals surface area contributed by atoms with Gasteiger partial charge in [-0.05, 0) is 84.4 Å². The Morgan fingerprint density at radius 1 is 0.386 bits per heavy atom. The molecule has 0 N–H and O–H groups in total. The van der Waals surface area contributed by atoms with Crippen LogP contribution in [-0.2, 0) is 6.18 Å². The smallest absolute Gasteiger partial charge is 0.307 e. The predicted octanol–water partition coefficient (Wildman–Crippen LogP) is 12.1. The maximum absolute atomic E-state index is 14.6. The number of nitrogens with zero attached hydrogens (tertiary/aromatic N) is 12. The summed E-state index contributed by atoms with van der Waals surface area (Å²) in [4.78, 5) is 36.5. The molecule has 12 nitrogen and oxygen atoms in total. The van der Waals surface area contributed by atoms with E-state index in [2.05, 4.69) is 45.9 Å². The lowest BCUT2D eigenvalue weighted by Gasteiger charge is -2.20. The topological polar surface area (TPSA) is 161 Å². The van der Waals surface area contributed by atoms with Gasteiger partial charge in [0.25, 0.3) is 0 Å². The van der Waals surface area contributed by atoms with Crippen LogP contribution in [0.25, 0.3) is 112 Å². The summed E-state index contributed by atoms with van der Waals surface area (Å²) in [6, 6.07) is 41.4. The molecule has 6 aromatic carbocycles. The molecule has 70 heavy (non-hydrogen) atoms. The van der Waals surface area contributed by atoms with Gasteiger partial charge in [0.1, 0.15) is 0 Å². The van der Waals surface area contributed by atoms with E-state index in [0.717, 1.165) is 33.7 Å². The van der Waals surface area contributed by atoms with Gasteiger partial charge in [-0.25, -0.2) is 39.9 Å². The number of hydrogen-bond donors (Lipinski definition) is 0. The molecule has 15 heteroatoms. The second-order valence-corrected chi connectivity index (χ2v) is 16.3. The molecule has 0 radical (unpaired) electrons. The normalized spacial score (nSPS) is 11.6. The first-order chi connectivity index (χ1) is 34.2. The molecule has 12 rings (SSSR count). The maximum Gasteiger partial charge on any atom is 0.416 e. The first-order valence-corrected chi connectivity index (χ1v) is 21.7. The van der Waals surface area contributed by atoms with Gasteiger partial charge in [-0.1, -0.05) is 48.5 Å². The molecule has 0 atom stereocenters. The lowest BCUT2D eigenvalue weighted by atomic mass is 9.94. The fraction of sp³-hybridized carbons (Fsp3) is 0.0182. The second-order valence-electron chi connectivity index (χ2n) is 16.3. The number of aromatic nitrogens is 10. The van der Waals surface area contributed by atoms with Crippen molar-refractivity contribution in [2.75, 3.05) is 0 Å². The van der Waals surface area contributed by atoms with Crippen molar-refractivity contribution in [2.24, 2.45) is 0 Å². The average molecular weight is 915 g/mol. The highest BCUT2D eigenvalue weighted by atomic mass is 19.4. The van der Waals surface area contributed by atoms with Gasteiger partial charge < -0.3 is 9.13 Å². The molecule has 0 aliphatic carbocycles. The zero-order valence-electron chi connectivity index (χ0n) is 36.2. The monoisotopic (exact) mass is 914 g/mol. The summed E-state index contributed by atoms with van der Waals surface area (Å²) in [7, 11) is 0. The number of alkyl halides is 3. The van der Waals surface area contributed by atoms with E-state index in [1.807, 2.05) is 88.0 Å². The van der Waals surface area contributed by atoms with Crippen molar-refractivity contribution in [3.8, 4) is 80.2 Å². The number of rotatable bonds is 7. The molecule has 6 aromatic heterocycles. The van der Waals surface area contributed by atoms with Gasteiger partial charge in [-0.3, -0.25) is 0 Å². The third kappa shape index (κ3) is 7.01. The van der Waals surface area contributed by atoms with Gasteiger partial charge in [0, 0.05) is 98.9 Å². The lowest BCUT2D eigenvalue weighted by Crippen LogP contribution is -2.07. The third-order valence-corrected chi connectivity index (χ3v) is 12.2. The van der Waals surface area contributed by atoms with Crippen molar-refractivity contribution in [1.29, 1.82) is 10.5 Å². The second kappa shape index (κ2) is 16.4. The van der Waals surface area contributed by atoms with Crippen LogP contribution in [0.15, 0.2) is 177 Å². The Hall–Kier alpha value is -9.99. The third-order valence-electron chi connectivity index (χ3n) is 12.2. The fourth-order valence-corrected chi connectivity index (χ4v) is 9.18. The van der Waals surface area contributed by atoms with E-state index in [9.17, 15) is 23.7 Å². The van der Waals surface area contributed by atoms with Gasteiger partial charge >= 0.3 is 6.18 Å². The molecule has 12 aromatic rings. The van der Waals surface area contributed by atoms with E-state index in [4.69, 9.17) is 0 Å². The molecule has 0 saturated heterocycles. The van der Waals surface area contributed by atoms with Gasteiger partial charge in [0.2, 0.25) is 0 Å². The first-order valence-electron chi connectivity index (χ1n) is 21.7. The minimum absolute atomic E-state index is 0.0301. The average Bonchev–Trinajstić information content (AvgIpc) is 3.92. The summed E-state index contributed by atoms with van der Waals surface area (Å²) in [6.45, 7) is 0. The Morgan fingerprint density at radius 3 is 1.07 bits per heavy atom. The first kappa shape index (κ1) is 41.4. The van der Waals surface area contributed by atoms with Crippen LogP contribution in [0.5, 0.6) is 0 Å². The van der Waals surface area contributed by atoms with Crippen LogP contribution >= 0.6 is 0 Å². The van der Waals surface area contributed by atoms with Crippen molar-refractivity contribution in [3.05, 3.63) is 194 Å². The number of nitriles is 2. The fourth-order valence-electron chi connectivity index (χ4n) is 9.18. The van der Waals surface area contributed by atoms with E-state index in [1.165, 1.54) is 6.07 Å². The number of benzene rings is 6. The molecule has 0 amide bonds. The van der Waals surface area contributed by atoms with Crippen LogP contribution in [0, 0.1) is 22.7 Å². The Morgan fingerprint density at radius 2 is 0.743 bits per heavy atom. The molecule has 0 spiro atoms. The highest BCUT2D eigenvalue weighted by Crippen LogP contribution is 2.44. The summed E-state index contributed by atoms with van der Waals surface area (Å²) >= 11 is 0. The van der Waals surface area contributed by atoms with Crippen molar-refractivity contribution in [3.63, 3.8) is 0 Å². The molecular weight excluding hydrogens is 886 g/mol. The predicted molar refractivity (Wildman–Crippen MR) is 259 cm³/mol. The SMILES string of the molecule is N#Cc1cc(-c2cc(-n3c4cc(-c5ncccn5)ccc4c4ccc(-c5ncccn5)cc43)c(-n3c4cc(-c5ncccn5)ccc4c4ccc(-c5ncccn5)cc43)cc2C#N)cc(C(F)(F)F)c1. The largest absolute Gasteiger partial charge is 0.416 e. The Kier molecular flexibility index (Phi) is 9.71. The van der Waals surface area contributed by atoms with E-state index in [0.29, 0.717) is 79.0 Å². The van der Waals surface area contributed by atoms with E-state index in [1.54, 1.807) is 86.0 Å². The van der Waals surface area contributed by atoms with Crippen LogP contribution in [0.2, 0.25) is 0 Å². The summed E-state index contributed by atoms with van der Waals surface area (Å²) in [6.07, 6.45) is 8.53. The zero-order chi connectivity index (χ0) is 47.5. The van der Waals surface area contributed by atoms with Crippen molar-refractivity contribution < 1.29 is 13.2 Å². The number of halogens is 3. The molecule has 330 valence electrons. The Balaban J connectivity index is 1.27. The molecule has 0 unspecified atom stereocenters. The molecule has 0 bridgehead atoms. The van der Waals surface area contributed by atoms with Crippen LogP contribution in [0.1, 0.15) is 16.7 Å².